The van der Waals surface area contributed by atoms with Gasteiger partial charge in [-0.15, -0.1) is 0 Å². The molecule has 0 bridgehead atoms. The molecule has 4 aromatic rings. The van der Waals surface area contributed by atoms with Crippen molar-refractivity contribution in [2.24, 2.45) is 0 Å². The molecule has 3 aromatic heterocycles. The van der Waals surface area contributed by atoms with Crippen LogP contribution in [0.2, 0.25) is 0 Å². The van der Waals surface area contributed by atoms with Gasteiger partial charge in [0.25, 0.3) is 5.91 Å². The number of benzene rings is 1. The van der Waals surface area contributed by atoms with Crippen LogP contribution in [-0.2, 0) is 10.3 Å². The number of nitrogens with one attached hydrogen (secondary N) is 3. The van der Waals surface area contributed by atoms with E-state index in [0.717, 1.165) is 22.5 Å². The number of hydrogen-bond donors (Lipinski definition) is 3. The highest BCUT2D eigenvalue weighted by molar-refractivity contribution is 6.05. The van der Waals surface area contributed by atoms with Gasteiger partial charge >= 0.3 is 0 Å². The average molecular weight is 487 g/mol. The largest absolute Gasteiger partial charge is 0.374 e. The molecule has 0 aliphatic carbocycles. The summed E-state index contributed by atoms with van der Waals surface area (Å²) in [6.07, 6.45) is 4.83. The monoisotopic (exact) mass is 486 g/mol. The van der Waals surface area contributed by atoms with Gasteiger partial charge in [0.2, 0.25) is 0 Å². The van der Waals surface area contributed by atoms with Crippen molar-refractivity contribution in [3.8, 4) is 5.82 Å². The van der Waals surface area contributed by atoms with Crippen LogP contribution in [0.15, 0.2) is 55.1 Å². The van der Waals surface area contributed by atoms with Gasteiger partial charge < -0.3 is 20.7 Å². The van der Waals surface area contributed by atoms with Crippen LogP contribution in [0.4, 0.5) is 23.0 Å². The Balaban J connectivity index is 1.59. The molecule has 0 aliphatic heterocycles. The van der Waals surface area contributed by atoms with Gasteiger partial charge in [-0.3, -0.25) is 9.78 Å². The lowest BCUT2D eigenvalue weighted by atomic mass is 10.00. The second-order valence-electron chi connectivity index (χ2n) is 8.88. The summed E-state index contributed by atoms with van der Waals surface area (Å²) in [6, 6.07) is 11.1. The molecule has 0 saturated heterocycles. The Morgan fingerprint density at radius 2 is 1.86 bits per heavy atom. The molecule has 0 atom stereocenters. The second-order valence-corrected chi connectivity index (χ2v) is 8.88. The Bertz CT molecular complexity index is 1400. The van der Waals surface area contributed by atoms with Gasteiger partial charge in [0.1, 0.15) is 18.0 Å². The third-order valence-electron chi connectivity index (χ3n) is 5.92. The van der Waals surface area contributed by atoms with E-state index in [0.29, 0.717) is 28.7 Å². The fraction of sp³-hybridized carbons (Fsp3) is 0.269. The van der Waals surface area contributed by atoms with Crippen molar-refractivity contribution in [1.82, 2.24) is 24.7 Å². The first-order valence-electron chi connectivity index (χ1n) is 11.5. The van der Waals surface area contributed by atoms with Crippen LogP contribution in [0.5, 0.6) is 0 Å². The molecule has 1 aromatic carbocycles. The smallest absolute Gasteiger partial charge is 0.255 e. The van der Waals surface area contributed by atoms with Crippen molar-refractivity contribution in [3.63, 3.8) is 0 Å². The highest BCUT2D eigenvalue weighted by atomic mass is 16.5. The number of amides is 1. The fourth-order valence-corrected chi connectivity index (χ4v) is 3.56. The number of carbonyl (C=O) groups is 1. The quantitative estimate of drug-likeness (QED) is 0.331. The number of methoxy groups -OCH3 is 1. The van der Waals surface area contributed by atoms with E-state index in [1.54, 1.807) is 43.4 Å². The maximum Gasteiger partial charge on any atom is 0.255 e. The topological polar surface area (TPSA) is 119 Å². The summed E-state index contributed by atoms with van der Waals surface area (Å²) < 4.78 is 7.24. The van der Waals surface area contributed by atoms with Gasteiger partial charge in [-0.1, -0.05) is 6.07 Å². The van der Waals surface area contributed by atoms with Crippen molar-refractivity contribution in [2.75, 3.05) is 30.1 Å². The zero-order valence-electron chi connectivity index (χ0n) is 21.2. The maximum atomic E-state index is 13.1. The minimum absolute atomic E-state index is 0.244. The summed E-state index contributed by atoms with van der Waals surface area (Å²) in [7, 11) is 3.44. The van der Waals surface area contributed by atoms with Crippen molar-refractivity contribution < 1.29 is 9.53 Å². The highest BCUT2D eigenvalue weighted by Gasteiger charge is 2.21. The Hall–Kier alpha value is -4.31. The number of carbonyl (C=O) groups excluding carboxylic acids is 1. The number of nitrogens with zero attached hydrogens (tertiary/aromatic N) is 5. The summed E-state index contributed by atoms with van der Waals surface area (Å²) >= 11 is 0. The molecule has 0 unspecified atom stereocenters. The summed E-state index contributed by atoms with van der Waals surface area (Å²) in [5, 5.41) is 13.9. The lowest BCUT2D eigenvalue weighted by molar-refractivity contribution is 0.0190. The van der Waals surface area contributed by atoms with E-state index in [2.05, 4.69) is 36.0 Å². The van der Waals surface area contributed by atoms with Crippen LogP contribution in [-0.4, -0.2) is 44.8 Å². The maximum absolute atomic E-state index is 13.1. The van der Waals surface area contributed by atoms with E-state index in [1.165, 1.54) is 6.33 Å². The molecule has 186 valence electrons. The van der Waals surface area contributed by atoms with E-state index < -0.39 is 5.60 Å². The number of rotatable bonds is 8. The first kappa shape index (κ1) is 24.8. The summed E-state index contributed by atoms with van der Waals surface area (Å²) in [4.78, 5) is 25.9. The summed E-state index contributed by atoms with van der Waals surface area (Å²) in [5.74, 6) is 1.77. The van der Waals surface area contributed by atoms with E-state index in [4.69, 9.17) is 4.74 Å². The molecule has 3 N–H and O–H groups in total. The lowest BCUT2D eigenvalue weighted by Crippen LogP contribution is -2.20. The number of aromatic nitrogens is 5. The SMILES string of the molecule is CNc1cc(-n2nc(C)cc2Nc2cc(C(=O)Nc3cncc(C(C)(C)OC)c3)ccc2C)ncn1. The molecule has 4 rings (SSSR count). The fourth-order valence-electron chi connectivity index (χ4n) is 3.56. The summed E-state index contributed by atoms with van der Waals surface area (Å²) in [5.41, 5.74) is 4.01. The number of ether oxygens (including phenoxy) is 1. The van der Waals surface area contributed by atoms with E-state index >= 15 is 0 Å². The normalized spacial score (nSPS) is 11.3. The Morgan fingerprint density at radius 3 is 2.61 bits per heavy atom. The molecule has 0 fully saturated rings. The van der Waals surface area contributed by atoms with Gasteiger partial charge in [0.05, 0.1) is 23.2 Å². The van der Waals surface area contributed by atoms with Crippen molar-refractivity contribution in [2.45, 2.75) is 33.3 Å². The average Bonchev–Trinajstić information content (AvgIpc) is 3.25. The minimum Gasteiger partial charge on any atom is -0.374 e. The van der Waals surface area contributed by atoms with E-state index in [1.807, 2.05) is 52.0 Å². The first-order chi connectivity index (χ1) is 17.2. The van der Waals surface area contributed by atoms with E-state index in [9.17, 15) is 4.79 Å². The molecule has 0 saturated carbocycles. The van der Waals surface area contributed by atoms with Crippen LogP contribution in [0, 0.1) is 13.8 Å². The molecular formula is C26H30N8O2. The van der Waals surface area contributed by atoms with Gasteiger partial charge in [-0.05, 0) is 51.5 Å². The zero-order valence-corrected chi connectivity index (χ0v) is 21.2. The zero-order chi connectivity index (χ0) is 25.9. The Kier molecular flexibility index (Phi) is 6.98. The molecular weight excluding hydrogens is 456 g/mol. The third-order valence-corrected chi connectivity index (χ3v) is 5.92. The van der Waals surface area contributed by atoms with Crippen molar-refractivity contribution in [1.29, 1.82) is 0 Å². The second kappa shape index (κ2) is 10.1. The molecule has 3 heterocycles. The summed E-state index contributed by atoms with van der Waals surface area (Å²) in [6.45, 7) is 7.77. The molecule has 10 heteroatoms. The predicted octanol–water partition coefficient (Wildman–Crippen LogP) is 4.59. The van der Waals surface area contributed by atoms with Crippen molar-refractivity contribution in [3.05, 3.63) is 77.5 Å². The molecule has 10 nitrogen and oxygen atoms in total. The molecule has 0 spiro atoms. The number of aryl methyl sites for hydroxylation is 2. The van der Waals surface area contributed by atoms with Crippen LogP contribution >= 0.6 is 0 Å². The van der Waals surface area contributed by atoms with Gasteiger partial charge in [-0.25, -0.2) is 9.97 Å². The third kappa shape index (κ3) is 5.33. The first-order valence-corrected chi connectivity index (χ1v) is 11.5. The molecule has 36 heavy (non-hydrogen) atoms. The predicted molar refractivity (Wildman–Crippen MR) is 140 cm³/mol. The Morgan fingerprint density at radius 1 is 1.06 bits per heavy atom. The molecule has 0 aliphatic rings. The van der Waals surface area contributed by atoms with Crippen LogP contribution < -0.4 is 16.0 Å². The molecule has 0 radical (unpaired) electrons. The van der Waals surface area contributed by atoms with Crippen molar-refractivity contribution >= 4 is 28.9 Å². The number of anilines is 4. The number of pyridine rings is 1. The molecule has 1 amide bonds. The minimum atomic E-state index is -0.520. The standard InChI is InChI=1S/C26H30N8O2/c1-16-7-8-18(25(35)31-20-11-19(13-28-14-20)26(3,4)36-6)10-21(16)32-24-9-17(2)33-34(24)23-12-22(27-5)29-15-30-23/h7-15,32H,1-6H3,(H,31,35)(H,27,29,30). The Labute approximate surface area is 210 Å². The van der Waals surface area contributed by atoms with Gasteiger partial charge in [-0.2, -0.15) is 9.78 Å². The van der Waals surface area contributed by atoms with E-state index in [-0.39, 0.29) is 5.91 Å². The van der Waals surface area contributed by atoms with Crippen LogP contribution in [0.25, 0.3) is 5.82 Å². The highest BCUT2D eigenvalue weighted by Crippen LogP contribution is 2.27. The number of hydrogen-bond acceptors (Lipinski definition) is 8. The van der Waals surface area contributed by atoms with Gasteiger partial charge in [0, 0.05) is 49.3 Å². The van der Waals surface area contributed by atoms with Gasteiger partial charge in [0.15, 0.2) is 5.82 Å². The lowest BCUT2D eigenvalue weighted by Gasteiger charge is -2.23. The van der Waals surface area contributed by atoms with Crippen LogP contribution in [0.1, 0.15) is 41.0 Å². The van der Waals surface area contributed by atoms with Crippen LogP contribution in [0.3, 0.4) is 0 Å².